The minimum atomic E-state index is -0.255. The fourth-order valence-electron chi connectivity index (χ4n) is 2.24. The van der Waals surface area contributed by atoms with Gasteiger partial charge in [0.05, 0.1) is 6.20 Å². The molecule has 0 aliphatic carbocycles. The van der Waals surface area contributed by atoms with Crippen LogP contribution in [0.25, 0.3) is 0 Å². The molecule has 16 heavy (non-hydrogen) atoms. The highest BCUT2D eigenvalue weighted by Crippen LogP contribution is 2.30. The summed E-state index contributed by atoms with van der Waals surface area (Å²) < 4.78 is 12.8. The summed E-state index contributed by atoms with van der Waals surface area (Å²) in [7, 11) is 0. The fraction of sp³-hybridized carbons (Fsp3) is 0.615. The van der Waals surface area contributed by atoms with Gasteiger partial charge in [0.15, 0.2) is 0 Å². The van der Waals surface area contributed by atoms with Gasteiger partial charge in [0.2, 0.25) is 0 Å². The lowest BCUT2D eigenvalue weighted by molar-refractivity contribution is 0.172. The Morgan fingerprint density at radius 3 is 2.62 bits per heavy atom. The van der Waals surface area contributed by atoms with Crippen LogP contribution in [-0.4, -0.2) is 28.5 Å². The van der Waals surface area contributed by atoms with E-state index in [1.165, 1.54) is 12.3 Å². The first-order valence-electron chi connectivity index (χ1n) is 5.83. The lowest BCUT2D eigenvalue weighted by Gasteiger charge is -2.31. The number of hydrogen-bond acceptors (Lipinski definition) is 2. The molecule has 0 radical (unpaired) electrons. The molecule has 1 aromatic heterocycles. The number of rotatable bonds is 1. The number of halogens is 1. The van der Waals surface area contributed by atoms with Crippen molar-refractivity contribution in [1.29, 1.82) is 0 Å². The van der Waals surface area contributed by atoms with Crippen molar-refractivity contribution in [2.75, 3.05) is 13.1 Å². The lowest BCUT2D eigenvalue weighted by Crippen LogP contribution is -2.39. The van der Waals surface area contributed by atoms with Gasteiger partial charge in [-0.15, -0.1) is 0 Å². The van der Waals surface area contributed by atoms with Crippen molar-refractivity contribution < 1.29 is 4.39 Å². The summed E-state index contributed by atoms with van der Waals surface area (Å²) in [4.78, 5) is 6.64. The van der Waals surface area contributed by atoms with E-state index in [4.69, 9.17) is 0 Å². The quantitative estimate of drug-likeness (QED) is 0.726. The van der Waals surface area contributed by atoms with Crippen molar-refractivity contribution >= 4 is 0 Å². The monoisotopic (exact) mass is 222 g/mol. The lowest BCUT2D eigenvalue weighted by atomic mass is 10.0. The zero-order valence-corrected chi connectivity index (χ0v) is 10.2. The third-order valence-electron chi connectivity index (χ3n) is 3.31. The largest absolute Gasteiger partial charge is 0.298 e. The molecule has 0 saturated carbocycles. The van der Waals surface area contributed by atoms with E-state index in [9.17, 15) is 4.39 Å². The second-order valence-electron chi connectivity index (χ2n) is 5.50. The van der Waals surface area contributed by atoms with Gasteiger partial charge in [0, 0.05) is 23.7 Å². The summed E-state index contributed by atoms with van der Waals surface area (Å²) in [5.41, 5.74) is 1.24. The Bertz CT molecular complexity index is 353. The minimum Gasteiger partial charge on any atom is -0.298 e. The number of hydrogen-bond donors (Lipinski definition) is 0. The molecule has 2 rings (SSSR count). The Balaban J connectivity index is 2.06. The highest BCUT2D eigenvalue weighted by Gasteiger charge is 2.31. The molecule has 88 valence electrons. The molecule has 0 aromatic carbocycles. The molecule has 1 saturated heterocycles. The normalized spacial score (nSPS) is 22.6. The number of likely N-dealkylation sites (tertiary alicyclic amines) is 1. The van der Waals surface area contributed by atoms with Crippen molar-refractivity contribution in [2.45, 2.75) is 38.6 Å². The van der Waals surface area contributed by atoms with E-state index in [0.717, 1.165) is 25.2 Å². The minimum absolute atomic E-state index is 0.217. The molecule has 2 nitrogen and oxygen atoms in total. The third-order valence-corrected chi connectivity index (χ3v) is 3.31. The molecular weight excluding hydrogens is 203 g/mol. The Labute approximate surface area is 96.5 Å². The van der Waals surface area contributed by atoms with Gasteiger partial charge in [-0.1, -0.05) is 0 Å². The highest BCUT2D eigenvalue weighted by molar-refractivity contribution is 5.13. The van der Waals surface area contributed by atoms with Crippen LogP contribution < -0.4 is 0 Å². The predicted octanol–water partition coefficient (Wildman–Crippen LogP) is 2.81. The summed E-state index contributed by atoms with van der Waals surface area (Å²) in [6.07, 6.45) is 2.44. The van der Waals surface area contributed by atoms with Crippen molar-refractivity contribution in [3.63, 3.8) is 0 Å². The van der Waals surface area contributed by atoms with Gasteiger partial charge in [-0.3, -0.25) is 9.88 Å². The summed E-state index contributed by atoms with van der Waals surface area (Å²) in [5.74, 6) is 0.203. The van der Waals surface area contributed by atoms with Crippen LogP contribution >= 0.6 is 0 Å². The number of pyridine rings is 1. The molecule has 2 heterocycles. The molecule has 1 atom stereocenters. The van der Waals surface area contributed by atoms with Crippen LogP contribution in [0.1, 0.15) is 38.8 Å². The van der Waals surface area contributed by atoms with Crippen molar-refractivity contribution in [3.05, 3.63) is 29.8 Å². The summed E-state index contributed by atoms with van der Waals surface area (Å²) in [5, 5.41) is 0. The van der Waals surface area contributed by atoms with E-state index in [-0.39, 0.29) is 11.4 Å². The first-order valence-corrected chi connectivity index (χ1v) is 5.83. The van der Waals surface area contributed by atoms with E-state index < -0.39 is 0 Å². The van der Waals surface area contributed by atoms with Gasteiger partial charge in [-0.05, 0) is 45.9 Å². The van der Waals surface area contributed by atoms with Gasteiger partial charge in [0.1, 0.15) is 5.82 Å². The van der Waals surface area contributed by atoms with E-state index >= 15 is 0 Å². The van der Waals surface area contributed by atoms with Crippen LogP contribution in [0.4, 0.5) is 4.39 Å². The number of aromatic nitrogens is 1. The van der Waals surface area contributed by atoms with E-state index in [1.54, 1.807) is 0 Å². The SMILES string of the molecule is CC(C)(C)N1CCC(c2ccc(F)cn2)C1. The first-order chi connectivity index (χ1) is 7.47. The number of nitrogens with zero attached hydrogens (tertiary/aromatic N) is 2. The van der Waals surface area contributed by atoms with Gasteiger partial charge in [0.25, 0.3) is 0 Å². The average molecular weight is 222 g/mol. The van der Waals surface area contributed by atoms with Crippen molar-refractivity contribution in [3.8, 4) is 0 Å². The average Bonchev–Trinajstić information content (AvgIpc) is 2.67. The topological polar surface area (TPSA) is 16.1 Å². The molecule has 1 aliphatic rings. The Kier molecular flexibility index (Phi) is 2.98. The molecule has 1 unspecified atom stereocenters. The molecule has 1 aromatic rings. The maximum absolute atomic E-state index is 12.8. The second-order valence-corrected chi connectivity index (χ2v) is 5.50. The van der Waals surface area contributed by atoms with Crippen LogP contribution in [0, 0.1) is 5.82 Å². The van der Waals surface area contributed by atoms with Crippen molar-refractivity contribution in [1.82, 2.24) is 9.88 Å². The van der Waals surface area contributed by atoms with Crippen LogP contribution in [0.2, 0.25) is 0 Å². The smallest absolute Gasteiger partial charge is 0.141 e. The zero-order chi connectivity index (χ0) is 11.8. The highest BCUT2D eigenvalue weighted by atomic mass is 19.1. The van der Waals surface area contributed by atoms with Gasteiger partial charge in [-0.2, -0.15) is 0 Å². The fourth-order valence-corrected chi connectivity index (χ4v) is 2.24. The molecule has 0 spiro atoms. The van der Waals surface area contributed by atoms with E-state index in [0.29, 0.717) is 5.92 Å². The molecule has 0 N–H and O–H groups in total. The molecule has 1 aliphatic heterocycles. The standard InChI is InChI=1S/C13H19FN2/c1-13(2,3)16-7-6-10(9-16)12-5-4-11(14)8-15-12/h4-5,8,10H,6-7,9H2,1-3H3. The maximum atomic E-state index is 12.8. The summed E-state index contributed by atoms with van der Waals surface area (Å²) in [6, 6.07) is 3.31. The third kappa shape index (κ3) is 2.40. The second kappa shape index (κ2) is 4.13. The van der Waals surface area contributed by atoms with Crippen molar-refractivity contribution in [2.24, 2.45) is 0 Å². The van der Waals surface area contributed by atoms with Gasteiger partial charge < -0.3 is 0 Å². The van der Waals surface area contributed by atoms with Crippen LogP contribution in [-0.2, 0) is 0 Å². The first kappa shape index (κ1) is 11.5. The summed E-state index contributed by atoms with van der Waals surface area (Å²) >= 11 is 0. The molecule has 0 bridgehead atoms. The Morgan fingerprint density at radius 1 is 1.38 bits per heavy atom. The molecule has 3 heteroatoms. The van der Waals surface area contributed by atoms with Crippen LogP contribution in [0.3, 0.4) is 0 Å². The van der Waals surface area contributed by atoms with Gasteiger partial charge in [-0.25, -0.2) is 4.39 Å². The molecular formula is C13H19FN2. The zero-order valence-electron chi connectivity index (χ0n) is 10.2. The molecule has 1 fully saturated rings. The Morgan fingerprint density at radius 2 is 2.12 bits per heavy atom. The van der Waals surface area contributed by atoms with Crippen LogP contribution in [0.5, 0.6) is 0 Å². The van der Waals surface area contributed by atoms with E-state index in [2.05, 4.69) is 30.7 Å². The van der Waals surface area contributed by atoms with Gasteiger partial charge >= 0.3 is 0 Å². The summed E-state index contributed by atoms with van der Waals surface area (Å²) in [6.45, 7) is 8.82. The maximum Gasteiger partial charge on any atom is 0.141 e. The van der Waals surface area contributed by atoms with Crippen LogP contribution in [0.15, 0.2) is 18.3 Å². The molecule has 0 amide bonds. The predicted molar refractivity (Wildman–Crippen MR) is 62.9 cm³/mol. The Hall–Kier alpha value is -0.960. The van der Waals surface area contributed by atoms with E-state index in [1.807, 2.05) is 6.07 Å².